The Bertz CT molecular complexity index is 672. The Morgan fingerprint density at radius 2 is 1.50 bits per heavy atom. The quantitative estimate of drug-likeness (QED) is 0.787. The highest BCUT2D eigenvalue weighted by atomic mass is 19.4. The molecule has 0 fully saturated rings. The molecule has 22 heavy (non-hydrogen) atoms. The van der Waals surface area contributed by atoms with Crippen LogP contribution in [-0.2, 0) is 18.9 Å². The van der Waals surface area contributed by atoms with Gasteiger partial charge in [-0.1, -0.05) is 24.3 Å². The number of alkyl halides is 6. The average molecular weight is 319 g/mol. The van der Waals surface area contributed by atoms with E-state index in [0.29, 0.717) is 6.07 Å². The van der Waals surface area contributed by atoms with E-state index in [2.05, 4.69) is 0 Å². The van der Waals surface area contributed by atoms with E-state index < -0.39 is 23.5 Å². The second kappa shape index (κ2) is 5.64. The standard InChI is InChI=1S/C15H11F6N/c16-14(17,18)11-3-1-2-10(7-11)12-5-4-9(8-22)6-13(12)15(19,20)21/h1-7H,8,22H2. The SMILES string of the molecule is NCc1ccc(-c2cccc(C(F)(F)F)c2)c(C(F)(F)F)c1. The summed E-state index contributed by atoms with van der Waals surface area (Å²) in [6.45, 7) is -0.0913. The fourth-order valence-corrected chi connectivity index (χ4v) is 2.07. The topological polar surface area (TPSA) is 26.0 Å². The third-order valence-corrected chi connectivity index (χ3v) is 3.13. The van der Waals surface area contributed by atoms with Gasteiger partial charge in [-0.2, -0.15) is 26.3 Å². The Kier molecular flexibility index (Phi) is 4.19. The van der Waals surface area contributed by atoms with Crippen molar-refractivity contribution in [3.8, 4) is 11.1 Å². The fourth-order valence-electron chi connectivity index (χ4n) is 2.07. The second-order valence-electron chi connectivity index (χ2n) is 4.66. The molecule has 0 aromatic heterocycles. The molecular formula is C15H11F6N. The minimum absolute atomic E-state index is 0.0913. The lowest BCUT2D eigenvalue weighted by molar-refractivity contribution is -0.137. The van der Waals surface area contributed by atoms with Gasteiger partial charge in [-0.25, -0.2) is 0 Å². The predicted octanol–water partition coefficient (Wildman–Crippen LogP) is 4.85. The summed E-state index contributed by atoms with van der Waals surface area (Å²) in [5.41, 5.74) is 3.11. The zero-order valence-corrected chi connectivity index (χ0v) is 11.1. The van der Waals surface area contributed by atoms with Crippen molar-refractivity contribution < 1.29 is 26.3 Å². The van der Waals surface area contributed by atoms with Gasteiger partial charge >= 0.3 is 12.4 Å². The summed E-state index contributed by atoms with van der Waals surface area (Å²) in [7, 11) is 0. The Morgan fingerprint density at radius 1 is 0.818 bits per heavy atom. The largest absolute Gasteiger partial charge is 0.417 e. The highest BCUT2D eigenvalue weighted by molar-refractivity contribution is 5.69. The molecule has 0 aliphatic heterocycles. The van der Waals surface area contributed by atoms with Crippen LogP contribution in [0.5, 0.6) is 0 Å². The van der Waals surface area contributed by atoms with E-state index in [1.165, 1.54) is 12.1 Å². The molecule has 0 atom stereocenters. The zero-order valence-electron chi connectivity index (χ0n) is 11.1. The van der Waals surface area contributed by atoms with Crippen LogP contribution in [0.25, 0.3) is 11.1 Å². The van der Waals surface area contributed by atoms with Crippen LogP contribution in [0.1, 0.15) is 16.7 Å². The molecule has 0 amide bonds. The summed E-state index contributed by atoms with van der Waals surface area (Å²) in [6, 6.07) is 7.16. The predicted molar refractivity (Wildman–Crippen MR) is 69.8 cm³/mol. The fraction of sp³-hybridized carbons (Fsp3) is 0.200. The first-order valence-corrected chi connectivity index (χ1v) is 6.21. The van der Waals surface area contributed by atoms with E-state index in [0.717, 1.165) is 24.3 Å². The average Bonchev–Trinajstić information content (AvgIpc) is 2.45. The van der Waals surface area contributed by atoms with Gasteiger partial charge in [0.2, 0.25) is 0 Å². The number of nitrogens with two attached hydrogens (primary N) is 1. The minimum Gasteiger partial charge on any atom is -0.326 e. The minimum atomic E-state index is -4.69. The summed E-state index contributed by atoms with van der Waals surface area (Å²) >= 11 is 0. The molecule has 7 heteroatoms. The molecule has 2 rings (SSSR count). The normalized spacial score (nSPS) is 12.5. The van der Waals surface area contributed by atoms with E-state index in [4.69, 9.17) is 5.73 Å². The smallest absolute Gasteiger partial charge is 0.326 e. The van der Waals surface area contributed by atoms with Crippen molar-refractivity contribution in [1.29, 1.82) is 0 Å². The van der Waals surface area contributed by atoms with Gasteiger partial charge < -0.3 is 5.73 Å². The maximum absolute atomic E-state index is 13.1. The molecule has 2 N–H and O–H groups in total. The van der Waals surface area contributed by atoms with Crippen molar-refractivity contribution in [1.82, 2.24) is 0 Å². The molecule has 0 radical (unpaired) electrons. The summed E-state index contributed by atoms with van der Waals surface area (Å²) in [4.78, 5) is 0. The highest BCUT2D eigenvalue weighted by Gasteiger charge is 2.35. The van der Waals surface area contributed by atoms with Crippen LogP contribution >= 0.6 is 0 Å². The molecule has 0 aliphatic carbocycles. The van der Waals surface area contributed by atoms with Crippen LogP contribution < -0.4 is 5.73 Å². The summed E-state index contributed by atoms with van der Waals surface area (Å²) < 4.78 is 77.5. The third-order valence-electron chi connectivity index (χ3n) is 3.13. The van der Waals surface area contributed by atoms with Crippen LogP contribution in [0.3, 0.4) is 0 Å². The Morgan fingerprint density at radius 3 is 2.05 bits per heavy atom. The molecule has 2 aromatic carbocycles. The lowest BCUT2D eigenvalue weighted by atomic mass is 9.95. The number of halogens is 6. The molecule has 0 unspecified atom stereocenters. The Balaban J connectivity index is 2.62. The van der Waals surface area contributed by atoms with Crippen LogP contribution in [0.4, 0.5) is 26.3 Å². The van der Waals surface area contributed by atoms with Gasteiger partial charge in [0.05, 0.1) is 11.1 Å². The van der Waals surface area contributed by atoms with Crippen molar-refractivity contribution in [2.75, 3.05) is 0 Å². The highest BCUT2D eigenvalue weighted by Crippen LogP contribution is 2.39. The zero-order chi connectivity index (χ0) is 16.5. The van der Waals surface area contributed by atoms with E-state index in [1.807, 2.05) is 0 Å². The van der Waals surface area contributed by atoms with Crippen LogP contribution in [-0.4, -0.2) is 0 Å². The second-order valence-corrected chi connectivity index (χ2v) is 4.66. The molecule has 0 heterocycles. The van der Waals surface area contributed by atoms with Crippen molar-refractivity contribution in [2.24, 2.45) is 5.73 Å². The van der Waals surface area contributed by atoms with Crippen LogP contribution in [0, 0.1) is 0 Å². The van der Waals surface area contributed by atoms with Gasteiger partial charge in [-0.15, -0.1) is 0 Å². The van der Waals surface area contributed by atoms with Crippen LogP contribution in [0.15, 0.2) is 42.5 Å². The van der Waals surface area contributed by atoms with Gasteiger partial charge in [0.15, 0.2) is 0 Å². The third kappa shape index (κ3) is 3.41. The number of hydrogen-bond donors (Lipinski definition) is 1. The number of benzene rings is 2. The molecule has 0 saturated heterocycles. The monoisotopic (exact) mass is 319 g/mol. The first-order valence-electron chi connectivity index (χ1n) is 6.21. The number of hydrogen-bond acceptors (Lipinski definition) is 1. The molecule has 118 valence electrons. The summed E-state index contributed by atoms with van der Waals surface area (Å²) in [6.07, 6.45) is -9.31. The Labute approximate surface area is 122 Å². The first kappa shape index (κ1) is 16.4. The van der Waals surface area contributed by atoms with Crippen molar-refractivity contribution in [2.45, 2.75) is 18.9 Å². The summed E-state index contributed by atoms with van der Waals surface area (Å²) in [5.74, 6) is 0. The molecule has 2 aromatic rings. The molecule has 0 aliphatic rings. The molecular weight excluding hydrogens is 308 g/mol. The van der Waals surface area contributed by atoms with Gasteiger partial charge in [-0.3, -0.25) is 0 Å². The van der Waals surface area contributed by atoms with E-state index >= 15 is 0 Å². The molecule has 1 nitrogen and oxygen atoms in total. The maximum atomic E-state index is 13.1. The molecule has 0 saturated carbocycles. The lowest BCUT2D eigenvalue weighted by Gasteiger charge is -2.15. The van der Waals surface area contributed by atoms with Crippen molar-refractivity contribution in [3.05, 3.63) is 59.2 Å². The maximum Gasteiger partial charge on any atom is 0.417 e. The van der Waals surface area contributed by atoms with Crippen LogP contribution in [0.2, 0.25) is 0 Å². The van der Waals surface area contributed by atoms with Gasteiger partial charge in [0.1, 0.15) is 0 Å². The number of rotatable bonds is 2. The van der Waals surface area contributed by atoms with Gasteiger partial charge in [0, 0.05) is 6.54 Å². The Hall–Kier alpha value is -2.02. The van der Waals surface area contributed by atoms with Gasteiger partial charge in [0.25, 0.3) is 0 Å². The molecule has 0 spiro atoms. The lowest BCUT2D eigenvalue weighted by Crippen LogP contribution is -2.10. The first-order chi connectivity index (χ1) is 10.1. The molecule has 0 bridgehead atoms. The van der Waals surface area contributed by atoms with Gasteiger partial charge in [-0.05, 0) is 34.9 Å². The van der Waals surface area contributed by atoms with E-state index in [-0.39, 0.29) is 23.2 Å². The van der Waals surface area contributed by atoms with E-state index in [9.17, 15) is 26.3 Å². The van der Waals surface area contributed by atoms with Crippen molar-refractivity contribution >= 4 is 0 Å². The van der Waals surface area contributed by atoms with Crippen molar-refractivity contribution in [3.63, 3.8) is 0 Å². The summed E-state index contributed by atoms with van der Waals surface area (Å²) in [5, 5.41) is 0. The van der Waals surface area contributed by atoms with E-state index in [1.54, 1.807) is 0 Å².